The Morgan fingerprint density at radius 3 is 2.42 bits per heavy atom. The molecule has 0 saturated heterocycles. The van der Waals surface area contributed by atoms with Crippen LogP contribution in [0.4, 0.5) is 5.69 Å². The van der Waals surface area contributed by atoms with Gasteiger partial charge >= 0.3 is 5.97 Å². The molecule has 0 aliphatic carbocycles. The van der Waals surface area contributed by atoms with Gasteiger partial charge in [-0.25, -0.2) is 4.79 Å². The van der Waals surface area contributed by atoms with E-state index in [2.05, 4.69) is 20.8 Å². The van der Waals surface area contributed by atoms with E-state index in [9.17, 15) is 14.4 Å². The number of esters is 1. The van der Waals surface area contributed by atoms with Gasteiger partial charge in [-0.15, -0.1) is 5.10 Å². The van der Waals surface area contributed by atoms with Gasteiger partial charge in [-0.05, 0) is 37.1 Å². The minimum atomic E-state index is -0.767. The van der Waals surface area contributed by atoms with E-state index in [1.54, 1.807) is 25.1 Å². The van der Waals surface area contributed by atoms with Gasteiger partial charge < -0.3 is 15.4 Å². The van der Waals surface area contributed by atoms with Crippen molar-refractivity contribution in [3.05, 3.63) is 71.5 Å². The number of aryl methyl sites for hydroxylation is 2. The van der Waals surface area contributed by atoms with Crippen molar-refractivity contribution in [1.29, 1.82) is 0 Å². The average Bonchev–Trinajstić information content (AvgIpc) is 3.18. The molecule has 0 fully saturated rings. The summed E-state index contributed by atoms with van der Waals surface area (Å²) in [5.41, 5.74) is 2.79. The number of rotatable bonds is 8. The predicted molar refractivity (Wildman–Crippen MR) is 114 cm³/mol. The lowest BCUT2D eigenvalue weighted by Gasteiger charge is -2.10. The van der Waals surface area contributed by atoms with E-state index >= 15 is 0 Å². The van der Waals surface area contributed by atoms with Crippen LogP contribution in [0.1, 0.15) is 28.7 Å². The van der Waals surface area contributed by atoms with Crippen molar-refractivity contribution in [3.63, 3.8) is 0 Å². The Bertz CT molecular complexity index is 1080. The Morgan fingerprint density at radius 1 is 0.968 bits per heavy atom. The highest BCUT2D eigenvalue weighted by molar-refractivity contribution is 5.96. The second-order valence-corrected chi connectivity index (χ2v) is 6.67. The third-order valence-corrected chi connectivity index (χ3v) is 4.42. The highest BCUT2D eigenvalue weighted by Crippen LogP contribution is 2.15. The lowest BCUT2D eigenvalue weighted by molar-refractivity contribution is -0.126. The summed E-state index contributed by atoms with van der Waals surface area (Å²) in [4.78, 5) is 37.6. The van der Waals surface area contributed by atoms with E-state index < -0.39 is 18.5 Å². The monoisotopic (exact) mass is 421 g/mol. The molecule has 3 aromatic rings. The van der Waals surface area contributed by atoms with Gasteiger partial charge in [-0.1, -0.05) is 43.3 Å². The summed E-state index contributed by atoms with van der Waals surface area (Å²) in [7, 11) is 0. The van der Waals surface area contributed by atoms with E-state index in [4.69, 9.17) is 4.74 Å². The van der Waals surface area contributed by atoms with E-state index in [0.29, 0.717) is 17.1 Å². The van der Waals surface area contributed by atoms with Crippen molar-refractivity contribution < 1.29 is 19.1 Å². The standard InChI is InChI=1S/C22H23N5O4/c1-3-16-9-7-8-12-18(16)24-19(28)13-23-20(29)14-31-22(30)21-15(2)25-27(26-21)17-10-5-4-6-11-17/h4-12H,3,13-14H2,1-2H3,(H,23,29)(H,24,28). The van der Waals surface area contributed by atoms with Crippen LogP contribution in [0.25, 0.3) is 5.69 Å². The number of para-hydroxylation sites is 2. The molecule has 0 spiro atoms. The van der Waals surface area contributed by atoms with Gasteiger partial charge in [-0.3, -0.25) is 9.59 Å². The quantitative estimate of drug-likeness (QED) is 0.538. The summed E-state index contributed by atoms with van der Waals surface area (Å²) in [5.74, 6) is -1.74. The number of nitrogens with one attached hydrogen (secondary N) is 2. The average molecular weight is 421 g/mol. The second kappa shape index (κ2) is 10.1. The van der Waals surface area contributed by atoms with Crippen LogP contribution in [0.5, 0.6) is 0 Å². The Kier molecular flexibility index (Phi) is 7.10. The normalized spacial score (nSPS) is 10.4. The third-order valence-electron chi connectivity index (χ3n) is 4.42. The van der Waals surface area contributed by atoms with Gasteiger partial charge in [0, 0.05) is 5.69 Å². The Labute approximate surface area is 179 Å². The van der Waals surface area contributed by atoms with E-state index in [1.807, 2.05) is 43.3 Å². The maximum absolute atomic E-state index is 12.3. The van der Waals surface area contributed by atoms with Crippen molar-refractivity contribution in [2.45, 2.75) is 20.3 Å². The number of hydrogen-bond donors (Lipinski definition) is 2. The Balaban J connectivity index is 1.48. The molecule has 3 rings (SSSR count). The van der Waals surface area contributed by atoms with Gasteiger partial charge in [0.1, 0.15) is 0 Å². The number of ether oxygens (including phenoxy) is 1. The molecule has 2 aromatic carbocycles. The molecular weight excluding hydrogens is 398 g/mol. The number of benzene rings is 2. The molecule has 1 heterocycles. The first-order chi connectivity index (χ1) is 15.0. The van der Waals surface area contributed by atoms with Crippen molar-refractivity contribution in [2.24, 2.45) is 0 Å². The fourth-order valence-corrected chi connectivity index (χ4v) is 2.82. The molecule has 1 aromatic heterocycles. The smallest absolute Gasteiger partial charge is 0.361 e. The van der Waals surface area contributed by atoms with E-state index in [1.165, 1.54) is 4.80 Å². The Hall–Kier alpha value is -4.01. The molecule has 0 saturated carbocycles. The molecular formula is C22H23N5O4. The number of carbonyl (C=O) groups is 3. The zero-order valence-corrected chi connectivity index (χ0v) is 17.3. The van der Waals surface area contributed by atoms with E-state index in [0.717, 1.165) is 12.0 Å². The second-order valence-electron chi connectivity index (χ2n) is 6.67. The molecule has 2 N–H and O–H groups in total. The SMILES string of the molecule is CCc1ccccc1NC(=O)CNC(=O)COC(=O)c1nn(-c2ccccc2)nc1C. The number of hydrogen-bond acceptors (Lipinski definition) is 6. The van der Waals surface area contributed by atoms with Crippen molar-refractivity contribution in [1.82, 2.24) is 20.3 Å². The lowest BCUT2D eigenvalue weighted by Crippen LogP contribution is -2.35. The molecule has 0 unspecified atom stereocenters. The number of carbonyl (C=O) groups excluding carboxylic acids is 3. The first-order valence-corrected chi connectivity index (χ1v) is 9.79. The Morgan fingerprint density at radius 2 is 1.68 bits per heavy atom. The lowest BCUT2D eigenvalue weighted by atomic mass is 10.1. The largest absolute Gasteiger partial charge is 0.451 e. The zero-order chi connectivity index (χ0) is 22.2. The minimum absolute atomic E-state index is 0.0190. The molecule has 9 heteroatoms. The van der Waals surface area contributed by atoms with Gasteiger partial charge in [0.25, 0.3) is 5.91 Å². The molecule has 0 atom stereocenters. The molecule has 160 valence electrons. The molecule has 0 radical (unpaired) electrons. The van der Waals surface area contributed by atoms with Crippen LogP contribution < -0.4 is 10.6 Å². The van der Waals surface area contributed by atoms with Gasteiger partial charge in [0.05, 0.1) is 17.9 Å². The molecule has 31 heavy (non-hydrogen) atoms. The topological polar surface area (TPSA) is 115 Å². The fraction of sp³-hybridized carbons (Fsp3) is 0.227. The molecule has 9 nitrogen and oxygen atoms in total. The zero-order valence-electron chi connectivity index (χ0n) is 17.3. The van der Waals surface area contributed by atoms with Crippen molar-refractivity contribution >= 4 is 23.5 Å². The van der Waals surface area contributed by atoms with Crippen LogP contribution in [0.2, 0.25) is 0 Å². The highest BCUT2D eigenvalue weighted by Gasteiger charge is 2.19. The minimum Gasteiger partial charge on any atom is -0.451 e. The summed E-state index contributed by atoms with van der Waals surface area (Å²) in [6, 6.07) is 16.5. The molecule has 2 amide bonds. The highest BCUT2D eigenvalue weighted by atomic mass is 16.5. The van der Waals surface area contributed by atoms with Crippen LogP contribution in [-0.2, 0) is 20.7 Å². The maximum atomic E-state index is 12.3. The van der Waals surface area contributed by atoms with Crippen LogP contribution >= 0.6 is 0 Å². The number of nitrogens with zero attached hydrogens (tertiary/aromatic N) is 3. The van der Waals surface area contributed by atoms with Crippen LogP contribution in [0.3, 0.4) is 0 Å². The van der Waals surface area contributed by atoms with Crippen molar-refractivity contribution in [2.75, 3.05) is 18.5 Å². The first-order valence-electron chi connectivity index (χ1n) is 9.79. The van der Waals surface area contributed by atoms with Crippen LogP contribution in [-0.4, -0.2) is 45.9 Å². The fourth-order valence-electron chi connectivity index (χ4n) is 2.82. The molecule has 0 bridgehead atoms. The predicted octanol–water partition coefficient (Wildman–Crippen LogP) is 2.05. The third kappa shape index (κ3) is 5.75. The summed E-state index contributed by atoms with van der Waals surface area (Å²) in [6.45, 7) is 2.84. The summed E-state index contributed by atoms with van der Waals surface area (Å²) < 4.78 is 5.01. The summed E-state index contributed by atoms with van der Waals surface area (Å²) >= 11 is 0. The number of aromatic nitrogens is 3. The van der Waals surface area contributed by atoms with E-state index in [-0.39, 0.29) is 18.1 Å². The van der Waals surface area contributed by atoms with Gasteiger partial charge in [0.2, 0.25) is 5.91 Å². The molecule has 0 aliphatic rings. The summed E-state index contributed by atoms with van der Waals surface area (Å²) in [6.07, 6.45) is 0.771. The maximum Gasteiger partial charge on any atom is 0.361 e. The van der Waals surface area contributed by atoms with Crippen molar-refractivity contribution in [3.8, 4) is 5.69 Å². The van der Waals surface area contributed by atoms with Crippen LogP contribution in [0.15, 0.2) is 54.6 Å². The van der Waals surface area contributed by atoms with Gasteiger partial charge in [-0.2, -0.15) is 9.90 Å². The number of anilines is 1. The van der Waals surface area contributed by atoms with Crippen LogP contribution in [0, 0.1) is 6.92 Å². The molecule has 0 aliphatic heterocycles. The first kappa shape index (κ1) is 21.7. The summed E-state index contributed by atoms with van der Waals surface area (Å²) in [5, 5.41) is 13.5. The van der Waals surface area contributed by atoms with Gasteiger partial charge in [0.15, 0.2) is 12.3 Å². The number of amides is 2.